The zero-order valence-corrected chi connectivity index (χ0v) is 23.7. The molecule has 9 heteroatoms. The Labute approximate surface area is 196 Å². The predicted octanol–water partition coefficient (Wildman–Crippen LogP) is 1.69. The molecule has 0 fully saturated rings. The fraction of sp³-hybridized carbons (Fsp3) is 0.250. The summed E-state index contributed by atoms with van der Waals surface area (Å²) < 4.78 is 0. The minimum Gasteiger partial charge on any atom is -0.573 e. The average molecular weight is 886 g/mol. The van der Waals surface area contributed by atoms with Crippen LogP contribution >= 0.6 is 11.3 Å². The van der Waals surface area contributed by atoms with E-state index in [2.05, 4.69) is 35.6 Å². The Morgan fingerprint density at radius 1 is 1.38 bits per heavy atom. The summed E-state index contributed by atoms with van der Waals surface area (Å²) in [6.45, 7) is 2.09. The molecule has 21 heavy (non-hydrogen) atoms. The number of aromatic nitrogens is 2. The van der Waals surface area contributed by atoms with Crippen LogP contribution in [0.15, 0.2) is 6.07 Å². The number of aryl methyl sites for hydroxylation is 2. The Kier molecular flexibility index (Phi) is 12.3. The van der Waals surface area contributed by atoms with Gasteiger partial charge in [0, 0.05) is 106 Å². The van der Waals surface area contributed by atoms with Crippen molar-refractivity contribution in [2.75, 3.05) is 0 Å². The monoisotopic (exact) mass is 886 g/mol. The van der Waals surface area contributed by atoms with E-state index in [4.69, 9.17) is 0 Å². The van der Waals surface area contributed by atoms with Gasteiger partial charge in [-0.15, -0.1) is 11.3 Å². The van der Waals surface area contributed by atoms with Gasteiger partial charge in [-0.2, -0.15) is 0 Å². The van der Waals surface area contributed by atoms with Gasteiger partial charge >= 0.3 is 0 Å². The number of rotatable bonds is 1. The largest absolute Gasteiger partial charge is 0.573 e. The van der Waals surface area contributed by atoms with Crippen LogP contribution in [0.3, 0.4) is 0 Å². The van der Waals surface area contributed by atoms with Crippen molar-refractivity contribution in [2.24, 2.45) is 0 Å². The molecule has 0 bridgehead atoms. The first-order valence-corrected chi connectivity index (χ1v) is 6.21. The van der Waals surface area contributed by atoms with Gasteiger partial charge < -0.3 is 15.5 Å². The first kappa shape index (κ1) is 24.8. The Morgan fingerprint density at radius 3 is 2.67 bits per heavy atom. The third-order valence-electron chi connectivity index (χ3n) is 2.99. The van der Waals surface area contributed by atoms with E-state index in [-0.39, 0.29) is 102 Å². The standard InChI is InChI=1S/C12H12N3OS.3W.Y/c1-6-5-7-3-4-8-9(11(7)17-6)14-15-10(8)12(16)13-2;;;;/h5H,2-4H2,1H3,(H2,13,14,15,16);;;;/q-1;;;;/p-1. The zero-order chi connectivity index (χ0) is 12.0. The molecule has 1 radical (unpaired) electrons. The molecule has 1 aliphatic carbocycles. The van der Waals surface area contributed by atoms with Crippen molar-refractivity contribution >= 4 is 17.2 Å². The number of thiophene rings is 1. The molecule has 1 aliphatic rings. The number of hydrogen-bond acceptors (Lipinski definition) is 3. The number of hydrogen-bond donors (Lipinski definition) is 1. The van der Waals surface area contributed by atoms with Gasteiger partial charge in [0.05, 0.1) is 0 Å². The van der Waals surface area contributed by atoms with Crippen LogP contribution in [-0.4, -0.2) is 11.0 Å². The smallest absolute Gasteiger partial charge is 0.239 e. The minimum absolute atomic E-state index is 0. The van der Waals surface area contributed by atoms with Gasteiger partial charge in [0.15, 0.2) is 0 Å². The molecule has 109 valence electrons. The first-order valence-electron chi connectivity index (χ1n) is 5.40. The van der Waals surface area contributed by atoms with Crippen LogP contribution in [0.1, 0.15) is 26.5 Å². The Hall–Kier alpha value is 1.55. The van der Waals surface area contributed by atoms with Gasteiger partial charge in [0.2, 0.25) is 5.91 Å². The third kappa shape index (κ3) is 4.77. The topological polar surface area (TPSA) is 56.1 Å². The van der Waals surface area contributed by atoms with Crippen LogP contribution in [0.5, 0.6) is 0 Å². The number of amides is 1. The van der Waals surface area contributed by atoms with Gasteiger partial charge in [-0.1, -0.05) is 5.69 Å². The molecule has 0 aromatic carbocycles. The quantitative estimate of drug-likeness (QED) is 0.445. The van der Waals surface area contributed by atoms with Crippen LogP contribution in [0.25, 0.3) is 10.6 Å². The molecule has 0 atom stereocenters. The van der Waals surface area contributed by atoms with E-state index in [0.29, 0.717) is 5.69 Å². The van der Waals surface area contributed by atoms with E-state index in [9.17, 15) is 4.79 Å². The van der Waals surface area contributed by atoms with Crippen LogP contribution in [0, 0.1) is 14.0 Å². The van der Waals surface area contributed by atoms with E-state index in [1.54, 1.807) is 11.3 Å². The summed E-state index contributed by atoms with van der Waals surface area (Å²) in [5, 5.41) is 10.5. The fourth-order valence-electron chi connectivity index (χ4n) is 2.23. The van der Waals surface area contributed by atoms with E-state index in [0.717, 1.165) is 24.1 Å². The molecule has 0 saturated heterocycles. The number of carbonyl (C=O) groups excluding carboxylic acids is 1. The summed E-state index contributed by atoms with van der Waals surface area (Å²) in [5.41, 5.74) is 3.58. The van der Waals surface area contributed by atoms with Gasteiger partial charge in [0.25, 0.3) is 0 Å². The molecule has 1 amide bonds. The van der Waals surface area contributed by atoms with E-state index < -0.39 is 0 Å². The van der Waals surface area contributed by atoms with E-state index in [1.165, 1.54) is 15.3 Å². The normalized spacial score (nSPS) is 10.6. The fourth-order valence-corrected chi connectivity index (χ4v) is 3.31. The number of nitrogens with one attached hydrogen (secondary N) is 1. The van der Waals surface area contributed by atoms with Gasteiger partial charge in [-0.3, -0.25) is 11.8 Å². The summed E-state index contributed by atoms with van der Waals surface area (Å²) in [7, 11) is 3.37. The molecule has 2 heterocycles. The summed E-state index contributed by atoms with van der Waals surface area (Å²) in [6.07, 6.45) is 1.78. The molecule has 0 aliphatic heterocycles. The van der Waals surface area contributed by atoms with E-state index in [1.807, 2.05) is 0 Å². The maximum absolute atomic E-state index is 11.6. The van der Waals surface area contributed by atoms with Crippen LogP contribution in [-0.2, 0) is 109 Å². The number of nitrogens with zero attached hydrogens (tertiary/aromatic N) is 2. The minimum atomic E-state index is -0.254. The summed E-state index contributed by atoms with van der Waals surface area (Å²) >= 11 is 1.72. The molecule has 0 unspecified atom stereocenters. The first-order chi connectivity index (χ1) is 8.20. The molecule has 1 N–H and O–H groups in total. The zero-order valence-electron chi connectivity index (χ0n) is 11.2. The molecule has 3 rings (SSSR count). The maximum Gasteiger partial charge on any atom is 0.239 e. The van der Waals surface area contributed by atoms with Crippen molar-refractivity contribution in [3.8, 4) is 10.6 Å². The van der Waals surface area contributed by atoms with Crippen molar-refractivity contribution in [1.29, 1.82) is 0 Å². The van der Waals surface area contributed by atoms with Crippen molar-refractivity contribution in [3.63, 3.8) is 0 Å². The van der Waals surface area contributed by atoms with Crippen LogP contribution in [0.2, 0.25) is 0 Å². The molecule has 4 nitrogen and oxygen atoms in total. The van der Waals surface area contributed by atoms with Crippen LogP contribution in [0.4, 0.5) is 0 Å². The van der Waals surface area contributed by atoms with Crippen LogP contribution < -0.4 is 10.4 Å². The number of carbonyl (C=O) groups is 1. The van der Waals surface area contributed by atoms with Gasteiger partial charge in [0.1, 0.15) is 5.69 Å². The van der Waals surface area contributed by atoms with E-state index >= 15 is 0 Å². The second-order valence-electron chi connectivity index (χ2n) is 4.09. The van der Waals surface area contributed by atoms with Crippen molar-refractivity contribution < 1.29 is 101 Å². The van der Waals surface area contributed by atoms with Crippen molar-refractivity contribution in [1.82, 2.24) is 15.5 Å². The van der Waals surface area contributed by atoms with Gasteiger partial charge in [-0.25, -0.2) is 0 Å². The van der Waals surface area contributed by atoms with Crippen molar-refractivity contribution in [3.05, 3.63) is 34.8 Å². The Morgan fingerprint density at radius 2 is 2.05 bits per heavy atom. The third-order valence-corrected chi connectivity index (χ3v) is 4.09. The summed E-state index contributed by atoms with van der Waals surface area (Å²) in [5.74, 6) is -0.254. The molecular formula is C12H11N3OSW3Y-2. The summed E-state index contributed by atoms with van der Waals surface area (Å²) in [6, 6.07) is 2.19. The number of fused-ring (bicyclic) bond motifs is 3. The van der Waals surface area contributed by atoms with Crippen molar-refractivity contribution in [2.45, 2.75) is 19.8 Å². The summed E-state index contributed by atoms with van der Waals surface area (Å²) in [4.78, 5) is 14.0. The SMILES string of the molecule is [CH2-]NC(=O)c1n[n-]c2c1CCc1cc(C)sc1-2.[W].[W].[W].[Y]. The second-order valence-corrected chi connectivity index (χ2v) is 5.35. The molecular weight excluding hydrogens is 875 g/mol. The molecule has 2 aromatic heterocycles. The average Bonchev–Trinajstić information content (AvgIpc) is 2.89. The predicted molar refractivity (Wildman–Crippen MR) is 65.8 cm³/mol. The van der Waals surface area contributed by atoms with Gasteiger partial charge in [-0.05, 0) is 37.0 Å². The Balaban J connectivity index is 0. The maximum atomic E-state index is 11.6. The Bertz CT molecular complexity index is 615. The second kappa shape index (κ2) is 10.4. The molecule has 0 spiro atoms. The molecule has 0 saturated carbocycles. The molecule has 2 aromatic rings.